The van der Waals surface area contributed by atoms with E-state index in [4.69, 9.17) is 25.8 Å². The summed E-state index contributed by atoms with van der Waals surface area (Å²) in [6.45, 7) is 12.4. The number of aromatic nitrogens is 2. The summed E-state index contributed by atoms with van der Waals surface area (Å²) in [6, 6.07) is 5.14. The van der Waals surface area contributed by atoms with Crippen molar-refractivity contribution in [2.24, 2.45) is 5.92 Å². The first kappa shape index (κ1) is 27.7. The van der Waals surface area contributed by atoms with Crippen molar-refractivity contribution in [1.29, 1.82) is 0 Å². The van der Waals surface area contributed by atoms with Crippen LogP contribution in [-0.2, 0) is 16.0 Å². The summed E-state index contributed by atoms with van der Waals surface area (Å²) in [6.07, 6.45) is 1.89. The molecule has 0 aliphatic rings. The molecule has 0 spiro atoms. The second kappa shape index (κ2) is 11.5. The third-order valence-electron chi connectivity index (χ3n) is 5.67. The van der Waals surface area contributed by atoms with Gasteiger partial charge >= 0.3 is 6.09 Å². The molecule has 3 rings (SSSR count). The number of halogens is 1. The summed E-state index contributed by atoms with van der Waals surface area (Å²) >= 11 is 6.66. The number of nitrogens with one attached hydrogen (secondary N) is 1. The number of pyridine rings is 2. The Balaban J connectivity index is 1.99. The van der Waals surface area contributed by atoms with Gasteiger partial charge in [0.15, 0.2) is 0 Å². The molecule has 3 aromatic rings. The number of alkyl carbamates (subject to hydrolysis) is 1. The maximum atomic E-state index is 13.4. The van der Waals surface area contributed by atoms with Gasteiger partial charge in [0.05, 0.1) is 34.3 Å². The molecule has 0 saturated heterocycles. The van der Waals surface area contributed by atoms with Gasteiger partial charge in [0.1, 0.15) is 18.0 Å². The van der Waals surface area contributed by atoms with E-state index in [1.165, 1.54) is 0 Å². The number of amides is 1. The van der Waals surface area contributed by atoms with Crippen molar-refractivity contribution < 1.29 is 19.0 Å². The molecular weight excluding hydrogens is 482 g/mol. The number of carbonyl (C=O) groups is 1. The van der Waals surface area contributed by atoms with Gasteiger partial charge in [0.2, 0.25) is 0 Å². The van der Waals surface area contributed by atoms with Crippen LogP contribution >= 0.6 is 11.6 Å². The van der Waals surface area contributed by atoms with Crippen LogP contribution in [0.5, 0.6) is 5.75 Å². The molecule has 0 radical (unpaired) electrons. The van der Waals surface area contributed by atoms with Gasteiger partial charge in [-0.3, -0.25) is 9.78 Å². The maximum absolute atomic E-state index is 13.4. The van der Waals surface area contributed by atoms with Gasteiger partial charge in [0.25, 0.3) is 5.56 Å². The monoisotopic (exact) mass is 517 g/mol. The number of hydrogen-bond acceptors (Lipinski definition) is 6. The highest BCUT2D eigenvalue weighted by Gasteiger charge is 2.22. The maximum Gasteiger partial charge on any atom is 0.407 e. The molecule has 36 heavy (non-hydrogen) atoms. The minimum atomic E-state index is -0.600. The number of aryl methyl sites for hydroxylation is 1. The molecule has 1 N–H and O–H groups in total. The Morgan fingerprint density at radius 2 is 1.94 bits per heavy atom. The fourth-order valence-electron chi connectivity index (χ4n) is 4.20. The van der Waals surface area contributed by atoms with Crippen LogP contribution in [0.1, 0.15) is 46.7 Å². The van der Waals surface area contributed by atoms with E-state index in [1.807, 2.05) is 39.8 Å². The molecule has 9 heteroatoms. The fourth-order valence-corrected chi connectivity index (χ4v) is 4.42. The fraction of sp³-hybridized carbons (Fsp3) is 0.519. The molecule has 1 amide bonds. The minimum Gasteiger partial charge on any atom is -0.490 e. The molecular formula is C27H36ClN3O5. The van der Waals surface area contributed by atoms with E-state index in [0.29, 0.717) is 52.9 Å². The van der Waals surface area contributed by atoms with Crippen molar-refractivity contribution in [3.8, 4) is 5.75 Å². The van der Waals surface area contributed by atoms with Gasteiger partial charge in [0, 0.05) is 31.3 Å². The molecule has 0 saturated carbocycles. The van der Waals surface area contributed by atoms with Crippen LogP contribution in [0.25, 0.3) is 21.7 Å². The Hall–Kier alpha value is -2.84. The summed E-state index contributed by atoms with van der Waals surface area (Å²) in [5, 5.41) is 5.49. The number of benzene rings is 1. The number of ether oxygens (including phenoxy) is 3. The van der Waals surface area contributed by atoms with E-state index >= 15 is 0 Å². The Kier molecular flexibility index (Phi) is 8.84. The van der Waals surface area contributed by atoms with Gasteiger partial charge in [-0.05, 0) is 57.6 Å². The summed E-state index contributed by atoms with van der Waals surface area (Å²) < 4.78 is 18.4. The predicted octanol–water partition coefficient (Wildman–Crippen LogP) is 5.48. The molecule has 196 valence electrons. The van der Waals surface area contributed by atoms with E-state index in [0.717, 1.165) is 10.8 Å². The molecule has 1 aromatic carbocycles. The van der Waals surface area contributed by atoms with E-state index in [1.54, 1.807) is 23.9 Å². The highest BCUT2D eigenvalue weighted by atomic mass is 35.5. The lowest BCUT2D eigenvalue weighted by molar-refractivity contribution is 0.0480. The zero-order valence-corrected chi connectivity index (χ0v) is 22.9. The smallest absolute Gasteiger partial charge is 0.407 e. The van der Waals surface area contributed by atoms with Crippen LogP contribution in [0.3, 0.4) is 0 Å². The summed E-state index contributed by atoms with van der Waals surface area (Å²) in [5.41, 5.74) is 0.608. The van der Waals surface area contributed by atoms with Crippen LogP contribution in [0.15, 0.2) is 29.2 Å². The number of methoxy groups -OCH3 is 1. The second-order valence-corrected chi connectivity index (χ2v) is 10.8. The number of hydrogen-bond donors (Lipinski definition) is 1. The topological polar surface area (TPSA) is 91.7 Å². The number of carbonyl (C=O) groups excluding carboxylic acids is 1. The van der Waals surface area contributed by atoms with E-state index < -0.39 is 11.7 Å². The Morgan fingerprint density at radius 3 is 2.58 bits per heavy atom. The predicted molar refractivity (Wildman–Crippen MR) is 143 cm³/mol. The summed E-state index contributed by atoms with van der Waals surface area (Å²) in [4.78, 5) is 30.1. The average Bonchev–Trinajstić information content (AvgIpc) is 2.76. The lowest BCUT2D eigenvalue weighted by atomic mass is 10.0. The van der Waals surface area contributed by atoms with Gasteiger partial charge in [-0.1, -0.05) is 25.4 Å². The molecule has 0 aliphatic carbocycles. The molecule has 8 nitrogen and oxygen atoms in total. The van der Waals surface area contributed by atoms with Crippen LogP contribution in [0.4, 0.5) is 4.79 Å². The highest BCUT2D eigenvalue weighted by Crippen LogP contribution is 2.33. The summed E-state index contributed by atoms with van der Waals surface area (Å²) in [7, 11) is 1.60. The first-order valence-electron chi connectivity index (χ1n) is 12.1. The van der Waals surface area contributed by atoms with Crippen LogP contribution in [0, 0.1) is 12.8 Å². The Bertz CT molecular complexity index is 1300. The third kappa shape index (κ3) is 6.68. The van der Waals surface area contributed by atoms with Gasteiger partial charge < -0.3 is 24.1 Å². The van der Waals surface area contributed by atoms with E-state index in [-0.39, 0.29) is 18.2 Å². The number of rotatable bonds is 9. The van der Waals surface area contributed by atoms with Crippen molar-refractivity contribution >= 4 is 39.4 Å². The Morgan fingerprint density at radius 1 is 1.22 bits per heavy atom. The average molecular weight is 518 g/mol. The lowest BCUT2D eigenvalue weighted by Crippen LogP contribution is -2.42. The quantitative estimate of drug-likeness (QED) is 0.378. The molecule has 0 fully saturated rings. The van der Waals surface area contributed by atoms with Crippen molar-refractivity contribution in [2.75, 3.05) is 20.3 Å². The normalized spacial score (nSPS) is 12.8. The van der Waals surface area contributed by atoms with E-state index in [9.17, 15) is 9.59 Å². The van der Waals surface area contributed by atoms with Crippen LogP contribution < -0.4 is 15.6 Å². The largest absolute Gasteiger partial charge is 0.490 e. The zero-order chi connectivity index (χ0) is 26.6. The molecule has 0 bridgehead atoms. The van der Waals surface area contributed by atoms with Crippen molar-refractivity contribution in [1.82, 2.24) is 14.9 Å². The Labute approximate surface area is 216 Å². The van der Waals surface area contributed by atoms with Crippen molar-refractivity contribution in [2.45, 2.75) is 66.2 Å². The first-order valence-corrected chi connectivity index (χ1v) is 12.5. The van der Waals surface area contributed by atoms with Gasteiger partial charge in [-0.25, -0.2) is 4.79 Å². The lowest BCUT2D eigenvalue weighted by Gasteiger charge is -2.25. The number of fused-ring (bicyclic) bond motifs is 3. The third-order valence-corrected chi connectivity index (χ3v) is 5.96. The second-order valence-electron chi connectivity index (χ2n) is 10.4. The van der Waals surface area contributed by atoms with Crippen LogP contribution in [-0.4, -0.2) is 47.6 Å². The summed E-state index contributed by atoms with van der Waals surface area (Å²) in [5.74, 6) is 0.752. The van der Waals surface area contributed by atoms with Crippen molar-refractivity contribution in [3.05, 3.63) is 45.5 Å². The first-order chi connectivity index (χ1) is 16.9. The van der Waals surface area contributed by atoms with E-state index in [2.05, 4.69) is 24.1 Å². The number of nitrogens with zero attached hydrogens (tertiary/aromatic N) is 2. The van der Waals surface area contributed by atoms with Crippen molar-refractivity contribution in [3.63, 3.8) is 0 Å². The minimum absolute atomic E-state index is 0.141. The molecule has 2 aromatic heterocycles. The standard InChI is InChI=1S/C27H36ClN3O5/c1-16(2)12-18(30-26(33)36-27(4,5)6)15-35-23-14-22-20(13-21(23)28)19-8-9-29-17(3)24(19)25(32)31(22)10-11-34-7/h8-9,13-14,16,18H,10-12,15H2,1-7H3,(H,30,33)/t18-/m0/s1. The molecule has 1 atom stereocenters. The van der Waals surface area contributed by atoms with Crippen LogP contribution in [0.2, 0.25) is 5.02 Å². The molecule has 2 heterocycles. The van der Waals surface area contributed by atoms with Gasteiger partial charge in [-0.2, -0.15) is 0 Å². The molecule has 0 unspecified atom stereocenters. The molecule has 0 aliphatic heterocycles. The SMILES string of the molecule is COCCn1c(=O)c2c(C)nccc2c2cc(Cl)c(OC[C@H](CC(C)C)NC(=O)OC(C)(C)C)cc21. The highest BCUT2D eigenvalue weighted by molar-refractivity contribution is 6.33. The zero-order valence-electron chi connectivity index (χ0n) is 22.1. The van der Waals surface area contributed by atoms with Gasteiger partial charge in [-0.15, -0.1) is 0 Å².